The highest BCUT2D eigenvalue weighted by molar-refractivity contribution is 5.92. The molecule has 0 spiro atoms. The van der Waals surface area contributed by atoms with E-state index >= 15 is 0 Å². The second-order valence-electron chi connectivity index (χ2n) is 9.60. The van der Waals surface area contributed by atoms with E-state index in [0.717, 1.165) is 23.2 Å². The summed E-state index contributed by atoms with van der Waals surface area (Å²) >= 11 is 0. The van der Waals surface area contributed by atoms with Crippen LogP contribution in [-0.4, -0.2) is 46.7 Å². The van der Waals surface area contributed by atoms with Crippen molar-refractivity contribution in [3.63, 3.8) is 0 Å². The largest absolute Gasteiger partial charge is 0.481 e. The number of carboxylic acid groups (broad SMARTS) is 1. The molecule has 0 saturated carbocycles. The van der Waals surface area contributed by atoms with Crippen molar-refractivity contribution in [3.05, 3.63) is 101 Å². The number of carbonyl (C=O) groups is 2. The number of aliphatic hydroxyl groups is 1. The first-order valence-electron chi connectivity index (χ1n) is 12.7. The second kappa shape index (κ2) is 13.3. The zero-order chi connectivity index (χ0) is 26.9. The summed E-state index contributed by atoms with van der Waals surface area (Å²) in [5.74, 6) is -1.38. The minimum Gasteiger partial charge on any atom is -0.481 e. The van der Waals surface area contributed by atoms with Gasteiger partial charge in [-0.1, -0.05) is 66.7 Å². The third-order valence-corrected chi connectivity index (χ3v) is 6.43. The molecular formula is C30H34N2O6. The summed E-state index contributed by atoms with van der Waals surface area (Å²) in [5.41, 5.74) is 4.37. The Morgan fingerprint density at radius 1 is 0.921 bits per heavy atom. The highest BCUT2D eigenvalue weighted by Gasteiger charge is 2.33. The number of rotatable bonds is 11. The SMILES string of the molecule is CN(Cc1ccccc1)C[C@H]1C[C@@H](c2ccc(CO)cc2)O[C@@H](c2cccc(NC(=O)CCC(=O)O)c2)O1. The van der Waals surface area contributed by atoms with Crippen LogP contribution in [0.3, 0.4) is 0 Å². The van der Waals surface area contributed by atoms with Crippen molar-refractivity contribution in [2.75, 3.05) is 18.9 Å². The molecule has 0 aromatic heterocycles. The summed E-state index contributed by atoms with van der Waals surface area (Å²) in [6, 6.07) is 25.3. The summed E-state index contributed by atoms with van der Waals surface area (Å²) in [6.45, 7) is 1.47. The van der Waals surface area contributed by atoms with Gasteiger partial charge in [0.1, 0.15) is 0 Å². The minimum atomic E-state index is -1.01. The lowest BCUT2D eigenvalue weighted by Gasteiger charge is -2.38. The van der Waals surface area contributed by atoms with Crippen LogP contribution in [0.2, 0.25) is 0 Å². The normalized spacial score (nSPS) is 19.3. The van der Waals surface area contributed by atoms with Gasteiger partial charge in [-0.15, -0.1) is 0 Å². The number of amides is 1. The Labute approximate surface area is 222 Å². The highest BCUT2D eigenvalue weighted by atomic mass is 16.7. The summed E-state index contributed by atoms with van der Waals surface area (Å²) in [5, 5.41) is 21.0. The maximum absolute atomic E-state index is 12.2. The van der Waals surface area contributed by atoms with Gasteiger partial charge in [-0.25, -0.2) is 0 Å². The molecule has 8 heteroatoms. The van der Waals surface area contributed by atoms with Crippen LogP contribution < -0.4 is 5.32 Å². The van der Waals surface area contributed by atoms with Crippen LogP contribution in [0.5, 0.6) is 0 Å². The molecule has 1 amide bonds. The van der Waals surface area contributed by atoms with Crippen LogP contribution in [-0.2, 0) is 32.2 Å². The van der Waals surface area contributed by atoms with Gasteiger partial charge in [0.15, 0.2) is 6.29 Å². The van der Waals surface area contributed by atoms with Gasteiger partial charge in [0, 0.05) is 37.2 Å². The van der Waals surface area contributed by atoms with Crippen LogP contribution in [0.4, 0.5) is 5.69 Å². The van der Waals surface area contributed by atoms with Gasteiger partial charge in [-0.3, -0.25) is 14.5 Å². The number of benzene rings is 3. The van der Waals surface area contributed by atoms with E-state index in [1.165, 1.54) is 5.56 Å². The molecule has 0 aliphatic carbocycles. The lowest BCUT2D eigenvalue weighted by atomic mass is 9.99. The topological polar surface area (TPSA) is 108 Å². The van der Waals surface area contributed by atoms with Crippen LogP contribution in [0, 0.1) is 0 Å². The zero-order valence-corrected chi connectivity index (χ0v) is 21.5. The molecule has 38 heavy (non-hydrogen) atoms. The van der Waals surface area contributed by atoms with E-state index in [1.807, 2.05) is 54.6 Å². The third kappa shape index (κ3) is 7.97. The van der Waals surface area contributed by atoms with E-state index in [0.29, 0.717) is 18.7 Å². The molecule has 3 atom stereocenters. The summed E-state index contributed by atoms with van der Waals surface area (Å²) in [7, 11) is 2.07. The number of anilines is 1. The Hall–Kier alpha value is -3.56. The first-order chi connectivity index (χ1) is 18.4. The molecule has 1 aliphatic rings. The average molecular weight is 519 g/mol. The molecule has 3 aromatic rings. The molecule has 1 heterocycles. The van der Waals surface area contributed by atoms with Gasteiger partial charge in [-0.05, 0) is 35.9 Å². The Morgan fingerprint density at radius 2 is 1.68 bits per heavy atom. The van der Waals surface area contributed by atoms with Gasteiger partial charge in [0.2, 0.25) is 5.91 Å². The molecule has 1 fully saturated rings. The number of hydrogen-bond donors (Lipinski definition) is 3. The number of hydrogen-bond acceptors (Lipinski definition) is 6. The number of ether oxygens (including phenoxy) is 2. The summed E-state index contributed by atoms with van der Waals surface area (Å²) in [6.07, 6.45) is -0.645. The van der Waals surface area contributed by atoms with Crippen molar-refractivity contribution in [2.24, 2.45) is 0 Å². The Kier molecular flexibility index (Phi) is 9.62. The van der Waals surface area contributed by atoms with E-state index in [4.69, 9.17) is 14.6 Å². The molecule has 1 aliphatic heterocycles. The number of carboxylic acids is 1. The van der Waals surface area contributed by atoms with E-state index in [-0.39, 0.29) is 37.6 Å². The Balaban J connectivity index is 1.50. The Bertz CT molecular complexity index is 1200. The molecule has 1 saturated heterocycles. The number of aliphatic carboxylic acids is 1. The lowest BCUT2D eigenvalue weighted by Crippen LogP contribution is -2.37. The van der Waals surface area contributed by atoms with E-state index in [1.54, 1.807) is 12.1 Å². The molecule has 0 unspecified atom stereocenters. The van der Waals surface area contributed by atoms with Gasteiger partial charge in [-0.2, -0.15) is 0 Å². The third-order valence-electron chi connectivity index (χ3n) is 6.43. The number of likely N-dealkylation sites (N-methyl/N-ethyl adjacent to an activating group) is 1. The number of nitrogens with one attached hydrogen (secondary N) is 1. The maximum Gasteiger partial charge on any atom is 0.303 e. The molecule has 8 nitrogen and oxygen atoms in total. The fourth-order valence-corrected chi connectivity index (χ4v) is 4.55. The highest BCUT2D eigenvalue weighted by Crippen LogP contribution is 2.38. The molecule has 3 aromatic carbocycles. The van der Waals surface area contributed by atoms with Gasteiger partial charge < -0.3 is 25.0 Å². The van der Waals surface area contributed by atoms with Crippen LogP contribution in [0.1, 0.15) is 53.9 Å². The van der Waals surface area contributed by atoms with Gasteiger partial charge >= 0.3 is 5.97 Å². The summed E-state index contributed by atoms with van der Waals surface area (Å²) < 4.78 is 12.8. The number of nitrogens with zero attached hydrogens (tertiary/aromatic N) is 1. The standard InChI is InChI=1S/C30H34N2O6/c1-32(18-21-6-3-2-4-7-21)19-26-17-27(23-12-10-22(20-33)11-13-23)38-30(37-26)24-8-5-9-25(16-24)31-28(34)14-15-29(35)36/h2-13,16,26-27,30,33H,14-15,17-20H2,1H3,(H,31,34)(H,35,36)/t26-,27+,30+/m1/s1. The van der Waals surface area contributed by atoms with Crippen LogP contribution in [0.25, 0.3) is 0 Å². The van der Waals surface area contributed by atoms with Crippen molar-refractivity contribution < 1.29 is 29.3 Å². The predicted molar refractivity (Wildman–Crippen MR) is 143 cm³/mol. The average Bonchev–Trinajstić information content (AvgIpc) is 2.92. The zero-order valence-electron chi connectivity index (χ0n) is 21.5. The second-order valence-corrected chi connectivity index (χ2v) is 9.60. The minimum absolute atomic E-state index is 0.0184. The van der Waals surface area contributed by atoms with Crippen LogP contribution in [0.15, 0.2) is 78.9 Å². The van der Waals surface area contributed by atoms with Crippen molar-refractivity contribution >= 4 is 17.6 Å². The quantitative estimate of drug-likeness (QED) is 0.339. The monoisotopic (exact) mass is 518 g/mol. The number of aliphatic hydroxyl groups excluding tert-OH is 1. The van der Waals surface area contributed by atoms with Crippen LogP contribution >= 0.6 is 0 Å². The molecule has 0 radical (unpaired) electrons. The van der Waals surface area contributed by atoms with Gasteiger partial charge in [0.25, 0.3) is 0 Å². The Morgan fingerprint density at radius 3 is 2.39 bits per heavy atom. The van der Waals surface area contributed by atoms with Crippen molar-refractivity contribution in [2.45, 2.75) is 50.9 Å². The molecular weight excluding hydrogens is 484 g/mol. The van der Waals surface area contributed by atoms with Crippen molar-refractivity contribution in [1.82, 2.24) is 4.90 Å². The van der Waals surface area contributed by atoms with Gasteiger partial charge in [0.05, 0.1) is 25.2 Å². The van der Waals surface area contributed by atoms with E-state index in [2.05, 4.69) is 29.4 Å². The molecule has 200 valence electrons. The maximum atomic E-state index is 12.2. The fourth-order valence-electron chi connectivity index (χ4n) is 4.55. The van der Waals surface area contributed by atoms with E-state index < -0.39 is 12.3 Å². The molecule has 4 rings (SSSR count). The predicted octanol–water partition coefficient (Wildman–Crippen LogP) is 4.66. The summed E-state index contributed by atoms with van der Waals surface area (Å²) in [4.78, 5) is 25.2. The van der Waals surface area contributed by atoms with E-state index in [9.17, 15) is 14.7 Å². The molecule has 0 bridgehead atoms. The first-order valence-corrected chi connectivity index (χ1v) is 12.7. The van der Waals surface area contributed by atoms with Crippen molar-refractivity contribution in [3.8, 4) is 0 Å². The van der Waals surface area contributed by atoms with Crippen molar-refractivity contribution in [1.29, 1.82) is 0 Å². The lowest BCUT2D eigenvalue weighted by molar-refractivity contribution is -0.252. The first kappa shape index (κ1) is 27.5. The number of carbonyl (C=O) groups excluding carboxylic acids is 1. The smallest absolute Gasteiger partial charge is 0.303 e. The molecule has 3 N–H and O–H groups in total. The fraction of sp³-hybridized carbons (Fsp3) is 0.333.